The van der Waals surface area contributed by atoms with Gasteiger partial charge >= 0.3 is 0 Å². The van der Waals surface area contributed by atoms with E-state index in [2.05, 4.69) is 10.0 Å². The summed E-state index contributed by atoms with van der Waals surface area (Å²) in [6, 6.07) is 10.4. The molecule has 5 nitrogen and oxygen atoms in total. The van der Waals surface area contributed by atoms with Gasteiger partial charge in [0.1, 0.15) is 4.21 Å². The minimum absolute atomic E-state index is 0.148. The topological polar surface area (TPSA) is 75.3 Å². The molecular formula is C14H16N2O3S2. The molecule has 1 aromatic heterocycles. The van der Waals surface area contributed by atoms with Gasteiger partial charge in [0.15, 0.2) is 0 Å². The number of carbonyl (C=O) groups is 1. The Labute approximate surface area is 128 Å². The molecule has 0 aliphatic heterocycles. The van der Waals surface area contributed by atoms with Gasteiger partial charge in [0, 0.05) is 17.5 Å². The largest absolute Gasteiger partial charge is 0.351 e. The lowest BCUT2D eigenvalue weighted by molar-refractivity contribution is -0.119. The Morgan fingerprint density at radius 2 is 2.00 bits per heavy atom. The Balaban J connectivity index is 2.14. The van der Waals surface area contributed by atoms with Crippen LogP contribution in [0.3, 0.4) is 0 Å². The van der Waals surface area contributed by atoms with Crippen molar-refractivity contribution in [2.75, 3.05) is 4.72 Å². The maximum atomic E-state index is 12.3. The van der Waals surface area contributed by atoms with Crippen molar-refractivity contribution in [3.63, 3.8) is 0 Å². The highest BCUT2D eigenvalue weighted by molar-refractivity contribution is 7.94. The molecule has 21 heavy (non-hydrogen) atoms. The first kappa shape index (κ1) is 15.5. The number of carbonyl (C=O) groups excluding carboxylic acids is 1. The summed E-state index contributed by atoms with van der Waals surface area (Å²) in [5, 5.41) is 2.64. The molecule has 2 aromatic rings. The Bertz CT molecular complexity index is 751. The monoisotopic (exact) mass is 324 g/mol. The third kappa shape index (κ3) is 4.30. The van der Waals surface area contributed by atoms with E-state index in [1.54, 1.807) is 30.3 Å². The number of benzene rings is 1. The molecule has 7 heteroatoms. The zero-order valence-corrected chi connectivity index (χ0v) is 13.3. The zero-order valence-electron chi connectivity index (χ0n) is 11.7. The van der Waals surface area contributed by atoms with Crippen molar-refractivity contribution in [1.29, 1.82) is 0 Å². The Hall–Kier alpha value is -1.86. The van der Waals surface area contributed by atoms with Crippen molar-refractivity contribution in [2.45, 2.75) is 24.6 Å². The number of hydrogen-bond acceptors (Lipinski definition) is 4. The summed E-state index contributed by atoms with van der Waals surface area (Å²) in [6.45, 7) is 3.65. The zero-order chi connectivity index (χ0) is 15.5. The normalized spacial score (nSPS) is 11.1. The number of aryl methyl sites for hydroxylation is 1. The average Bonchev–Trinajstić information content (AvgIpc) is 2.85. The van der Waals surface area contributed by atoms with Crippen LogP contribution in [0.2, 0.25) is 0 Å². The van der Waals surface area contributed by atoms with Crippen molar-refractivity contribution < 1.29 is 13.2 Å². The third-order valence-corrected chi connectivity index (χ3v) is 5.64. The van der Waals surface area contributed by atoms with Crippen molar-refractivity contribution in [2.24, 2.45) is 0 Å². The van der Waals surface area contributed by atoms with Crippen LogP contribution in [0, 0.1) is 6.92 Å². The number of amides is 1. The minimum atomic E-state index is -3.59. The molecule has 1 amide bonds. The molecule has 0 saturated carbocycles. The third-order valence-electron chi connectivity index (χ3n) is 2.68. The molecule has 112 valence electrons. The van der Waals surface area contributed by atoms with Gasteiger partial charge in [0.2, 0.25) is 5.91 Å². The highest BCUT2D eigenvalue weighted by Crippen LogP contribution is 2.24. The van der Waals surface area contributed by atoms with Crippen LogP contribution >= 0.6 is 11.3 Å². The van der Waals surface area contributed by atoms with Gasteiger partial charge in [-0.1, -0.05) is 12.1 Å². The van der Waals surface area contributed by atoms with Gasteiger partial charge in [-0.15, -0.1) is 11.3 Å². The van der Waals surface area contributed by atoms with Crippen LogP contribution in [-0.2, 0) is 21.4 Å². The molecule has 2 N–H and O–H groups in total. The number of rotatable bonds is 5. The van der Waals surface area contributed by atoms with E-state index in [1.165, 1.54) is 6.92 Å². The highest BCUT2D eigenvalue weighted by Gasteiger charge is 2.17. The van der Waals surface area contributed by atoms with Gasteiger partial charge in [0.25, 0.3) is 10.0 Å². The van der Waals surface area contributed by atoms with Crippen molar-refractivity contribution in [3.05, 3.63) is 46.8 Å². The number of anilines is 1. The number of thiophene rings is 1. The van der Waals surface area contributed by atoms with Crippen LogP contribution < -0.4 is 10.0 Å². The molecule has 2 rings (SSSR count). The first-order chi connectivity index (χ1) is 9.87. The Morgan fingerprint density at radius 3 is 2.67 bits per heavy atom. The lowest BCUT2D eigenvalue weighted by Gasteiger charge is -2.06. The van der Waals surface area contributed by atoms with Crippen LogP contribution in [0.1, 0.15) is 17.4 Å². The number of hydrogen-bond donors (Lipinski definition) is 2. The minimum Gasteiger partial charge on any atom is -0.351 e. The summed E-state index contributed by atoms with van der Waals surface area (Å²) >= 11 is 1.14. The van der Waals surface area contributed by atoms with Crippen molar-refractivity contribution >= 4 is 33.0 Å². The molecule has 0 aliphatic carbocycles. The summed E-state index contributed by atoms with van der Waals surface area (Å²) in [4.78, 5) is 11.6. The predicted octanol–water partition coefficient (Wildman–Crippen LogP) is 2.49. The van der Waals surface area contributed by atoms with E-state index in [0.29, 0.717) is 12.2 Å². The maximum absolute atomic E-state index is 12.3. The van der Waals surface area contributed by atoms with E-state index in [9.17, 15) is 13.2 Å². The first-order valence-corrected chi connectivity index (χ1v) is 8.59. The first-order valence-electron chi connectivity index (χ1n) is 6.29. The number of sulfonamides is 1. The molecule has 0 saturated heterocycles. The Kier molecular flexibility index (Phi) is 4.64. The lowest BCUT2D eigenvalue weighted by Crippen LogP contribution is -2.18. The highest BCUT2D eigenvalue weighted by atomic mass is 32.2. The Morgan fingerprint density at radius 1 is 1.24 bits per heavy atom. The van der Waals surface area contributed by atoms with E-state index >= 15 is 0 Å². The fourth-order valence-corrected chi connectivity index (χ4v) is 4.07. The standard InChI is InChI=1S/C14H16N2O3S2/c1-10-4-3-5-12(8-10)16-21(18,19)14-7-6-13(20-14)9-15-11(2)17/h3-8,16H,9H2,1-2H3,(H,15,17). The molecule has 1 heterocycles. The van der Waals surface area contributed by atoms with Crippen molar-refractivity contribution in [1.82, 2.24) is 5.32 Å². The van der Waals surface area contributed by atoms with Gasteiger partial charge < -0.3 is 5.32 Å². The van der Waals surface area contributed by atoms with Gasteiger partial charge in [0.05, 0.1) is 6.54 Å². The second-order valence-corrected chi connectivity index (χ2v) is 7.68. The second kappa shape index (κ2) is 6.28. The van der Waals surface area contributed by atoms with Gasteiger partial charge in [-0.2, -0.15) is 0 Å². The smallest absolute Gasteiger partial charge is 0.271 e. The molecule has 0 spiro atoms. The van der Waals surface area contributed by atoms with Crippen LogP contribution in [-0.4, -0.2) is 14.3 Å². The van der Waals surface area contributed by atoms with E-state index < -0.39 is 10.0 Å². The van der Waals surface area contributed by atoms with Gasteiger partial charge in [-0.3, -0.25) is 9.52 Å². The maximum Gasteiger partial charge on any atom is 0.271 e. The quantitative estimate of drug-likeness (QED) is 0.887. The van der Waals surface area contributed by atoms with Crippen LogP contribution in [0.15, 0.2) is 40.6 Å². The molecule has 0 unspecified atom stereocenters. The van der Waals surface area contributed by atoms with E-state index in [0.717, 1.165) is 21.8 Å². The van der Waals surface area contributed by atoms with Crippen LogP contribution in [0.25, 0.3) is 0 Å². The summed E-state index contributed by atoms with van der Waals surface area (Å²) in [5.41, 5.74) is 1.51. The fraction of sp³-hybridized carbons (Fsp3) is 0.214. The van der Waals surface area contributed by atoms with E-state index in [4.69, 9.17) is 0 Å². The van der Waals surface area contributed by atoms with Crippen LogP contribution in [0.5, 0.6) is 0 Å². The molecule has 1 aromatic carbocycles. The molecule has 0 radical (unpaired) electrons. The van der Waals surface area contributed by atoms with Gasteiger partial charge in [-0.25, -0.2) is 8.42 Å². The average molecular weight is 324 g/mol. The SMILES string of the molecule is CC(=O)NCc1ccc(S(=O)(=O)Nc2cccc(C)c2)s1. The van der Waals surface area contributed by atoms with Crippen LogP contribution in [0.4, 0.5) is 5.69 Å². The molecule has 0 fully saturated rings. The summed E-state index contributed by atoms with van der Waals surface area (Å²) < 4.78 is 27.3. The molecule has 0 atom stereocenters. The lowest BCUT2D eigenvalue weighted by atomic mass is 10.2. The fourth-order valence-electron chi connectivity index (χ4n) is 1.72. The van der Waals surface area contributed by atoms with E-state index in [1.807, 2.05) is 13.0 Å². The molecular weight excluding hydrogens is 308 g/mol. The summed E-state index contributed by atoms with van der Waals surface area (Å²) in [7, 11) is -3.59. The molecule has 0 aliphatic rings. The van der Waals surface area contributed by atoms with E-state index in [-0.39, 0.29) is 10.1 Å². The van der Waals surface area contributed by atoms with Gasteiger partial charge in [-0.05, 0) is 36.8 Å². The van der Waals surface area contributed by atoms with Crippen molar-refractivity contribution in [3.8, 4) is 0 Å². The second-order valence-electron chi connectivity index (χ2n) is 4.61. The summed E-state index contributed by atoms with van der Waals surface area (Å²) in [5.74, 6) is -0.148. The molecule has 0 bridgehead atoms. The predicted molar refractivity (Wildman–Crippen MR) is 83.8 cm³/mol. The number of nitrogens with one attached hydrogen (secondary N) is 2. The summed E-state index contributed by atoms with van der Waals surface area (Å²) in [6.07, 6.45) is 0.